The molecule has 0 aromatic heterocycles. The minimum absolute atomic E-state index is 0.248. The number of benzene rings is 1. The molecular formula is C17H18F3NO2. The van der Waals surface area contributed by atoms with Gasteiger partial charge in [0.15, 0.2) is 0 Å². The van der Waals surface area contributed by atoms with Gasteiger partial charge in [0.2, 0.25) is 0 Å². The number of carbonyl (C=O) groups is 1. The van der Waals surface area contributed by atoms with Crippen molar-refractivity contribution >= 4 is 5.91 Å². The molecule has 1 aromatic rings. The van der Waals surface area contributed by atoms with Crippen molar-refractivity contribution in [2.75, 3.05) is 26.3 Å². The van der Waals surface area contributed by atoms with Crippen LogP contribution in [0, 0.1) is 18.3 Å². The molecule has 0 N–H and O–H groups in total. The third kappa shape index (κ3) is 4.49. The van der Waals surface area contributed by atoms with E-state index in [0.29, 0.717) is 32.5 Å². The second-order valence-corrected chi connectivity index (χ2v) is 5.50. The van der Waals surface area contributed by atoms with Gasteiger partial charge in [0.05, 0.1) is 17.7 Å². The summed E-state index contributed by atoms with van der Waals surface area (Å²) in [5.74, 6) is 2.10. The van der Waals surface area contributed by atoms with Gasteiger partial charge < -0.3 is 9.64 Å². The summed E-state index contributed by atoms with van der Waals surface area (Å²) in [6.45, 7) is 1.62. The maximum atomic E-state index is 13.0. The van der Waals surface area contributed by atoms with Gasteiger partial charge in [0, 0.05) is 13.1 Å². The fourth-order valence-electron chi connectivity index (χ4n) is 2.67. The number of rotatable bonds is 4. The van der Waals surface area contributed by atoms with Gasteiger partial charge in [-0.1, -0.05) is 18.1 Å². The van der Waals surface area contributed by atoms with E-state index >= 15 is 0 Å². The molecule has 1 aromatic carbocycles. The zero-order valence-corrected chi connectivity index (χ0v) is 12.6. The fourth-order valence-corrected chi connectivity index (χ4v) is 2.67. The number of alkyl halides is 3. The highest BCUT2D eigenvalue weighted by Gasteiger charge is 2.36. The Hall–Kier alpha value is -2.00. The number of amides is 1. The summed E-state index contributed by atoms with van der Waals surface area (Å²) in [5, 5.41) is 0. The second kappa shape index (κ2) is 7.51. The van der Waals surface area contributed by atoms with Crippen molar-refractivity contribution in [2.24, 2.45) is 5.92 Å². The summed E-state index contributed by atoms with van der Waals surface area (Å²) < 4.78 is 44.3. The quantitative estimate of drug-likeness (QED) is 0.628. The number of piperidine rings is 1. The van der Waals surface area contributed by atoms with E-state index in [1.165, 1.54) is 23.1 Å². The number of ether oxygens (including phenoxy) is 1. The van der Waals surface area contributed by atoms with Crippen molar-refractivity contribution in [1.82, 2.24) is 4.90 Å². The van der Waals surface area contributed by atoms with Crippen LogP contribution >= 0.6 is 0 Å². The molecule has 1 fully saturated rings. The lowest BCUT2D eigenvalue weighted by Crippen LogP contribution is -2.40. The molecule has 0 bridgehead atoms. The molecule has 124 valence electrons. The van der Waals surface area contributed by atoms with Gasteiger partial charge in [-0.25, -0.2) is 0 Å². The molecule has 1 saturated heterocycles. The molecule has 1 aliphatic heterocycles. The molecule has 0 unspecified atom stereocenters. The standard InChI is InChI=1S/C17H18F3NO2/c1-2-11-23-12-13-7-9-21(10-8-13)16(22)14-5-3-4-6-15(14)17(18,19)20/h1,3-6,13H,7-12H2. The van der Waals surface area contributed by atoms with Gasteiger partial charge in [-0.2, -0.15) is 13.2 Å². The first-order valence-corrected chi connectivity index (χ1v) is 7.40. The SMILES string of the molecule is C#CCOCC1CCN(C(=O)c2ccccc2C(F)(F)F)CC1. The fraction of sp³-hybridized carbons (Fsp3) is 0.471. The van der Waals surface area contributed by atoms with Gasteiger partial charge in [-0.15, -0.1) is 6.42 Å². The lowest BCUT2D eigenvalue weighted by Gasteiger charge is -2.32. The third-order valence-corrected chi connectivity index (χ3v) is 3.90. The number of terminal acetylenes is 1. The van der Waals surface area contributed by atoms with Crippen LogP contribution in [0.3, 0.4) is 0 Å². The molecule has 0 saturated carbocycles. The van der Waals surface area contributed by atoms with Crippen LogP contribution in [0.1, 0.15) is 28.8 Å². The highest BCUT2D eigenvalue weighted by Crippen LogP contribution is 2.33. The van der Waals surface area contributed by atoms with Crippen molar-refractivity contribution in [3.05, 3.63) is 35.4 Å². The maximum Gasteiger partial charge on any atom is 0.417 e. The number of carbonyl (C=O) groups excluding carboxylic acids is 1. The first kappa shape index (κ1) is 17.4. The number of halogens is 3. The van der Waals surface area contributed by atoms with Crippen LogP contribution in [-0.2, 0) is 10.9 Å². The third-order valence-electron chi connectivity index (χ3n) is 3.90. The molecule has 23 heavy (non-hydrogen) atoms. The molecule has 2 rings (SSSR count). The summed E-state index contributed by atoms with van der Waals surface area (Å²) in [6, 6.07) is 4.90. The largest absolute Gasteiger partial charge is 0.417 e. The van der Waals surface area contributed by atoms with E-state index in [9.17, 15) is 18.0 Å². The zero-order valence-electron chi connectivity index (χ0n) is 12.6. The van der Waals surface area contributed by atoms with Crippen LogP contribution < -0.4 is 0 Å². The predicted molar refractivity (Wildman–Crippen MR) is 79.7 cm³/mol. The van der Waals surface area contributed by atoms with E-state index in [1.807, 2.05) is 0 Å². The molecule has 1 amide bonds. The first-order valence-electron chi connectivity index (χ1n) is 7.40. The van der Waals surface area contributed by atoms with Crippen LogP contribution in [0.15, 0.2) is 24.3 Å². The topological polar surface area (TPSA) is 29.5 Å². The lowest BCUT2D eigenvalue weighted by atomic mass is 9.96. The van der Waals surface area contributed by atoms with Crippen molar-refractivity contribution < 1.29 is 22.7 Å². The van der Waals surface area contributed by atoms with E-state index in [1.54, 1.807) is 0 Å². The van der Waals surface area contributed by atoms with Gasteiger partial charge in [-0.05, 0) is 30.9 Å². The molecule has 0 spiro atoms. The number of hydrogen-bond donors (Lipinski definition) is 0. The highest BCUT2D eigenvalue weighted by atomic mass is 19.4. The Balaban J connectivity index is 2.00. The number of likely N-dealkylation sites (tertiary alicyclic amines) is 1. The normalized spacial score (nSPS) is 16.2. The van der Waals surface area contributed by atoms with E-state index in [0.717, 1.165) is 6.07 Å². The Labute approximate surface area is 133 Å². The Morgan fingerprint density at radius 3 is 2.57 bits per heavy atom. The Morgan fingerprint density at radius 1 is 1.30 bits per heavy atom. The average Bonchev–Trinajstić information content (AvgIpc) is 2.54. The summed E-state index contributed by atoms with van der Waals surface area (Å²) in [6.07, 6.45) is 1.96. The van der Waals surface area contributed by atoms with Crippen molar-refractivity contribution in [3.63, 3.8) is 0 Å². The first-order chi connectivity index (χ1) is 10.9. The summed E-state index contributed by atoms with van der Waals surface area (Å²) in [7, 11) is 0. The minimum Gasteiger partial charge on any atom is -0.369 e. The van der Waals surface area contributed by atoms with Crippen LogP contribution in [0.4, 0.5) is 13.2 Å². The molecule has 0 atom stereocenters. The van der Waals surface area contributed by atoms with Crippen LogP contribution in [-0.4, -0.2) is 37.1 Å². The van der Waals surface area contributed by atoms with Crippen LogP contribution in [0.25, 0.3) is 0 Å². The van der Waals surface area contributed by atoms with Crippen molar-refractivity contribution in [1.29, 1.82) is 0 Å². The molecular weight excluding hydrogens is 307 g/mol. The minimum atomic E-state index is -4.53. The number of nitrogens with zero attached hydrogens (tertiary/aromatic N) is 1. The molecule has 0 aliphatic carbocycles. The Kier molecular flexibility index (Phi) is 5.67. The van der Waals surface area contributed by atoms with Gasteiger partial charge >= 0.3 is 6.18 Å². The van der Waals surface area contributed by atoms with Crippen LogP contribution in [0.2, 0.25) is 0 Å². The molecule has 1 aliphatic rings. The van der Waals surface area contributed by atoms with E-state index in [4.69, 9.17) is 11.2 Å². The average molecular weight is 325 g/mol. The van der Waals surface area contributed by atoms with E-state index in [2.05, 4.69) is 5.92 Å². The maximum absolute atomic E-state index is 13.0. The van der Waals surface area contributed by atoms with Gasteiger partial charge in [0.25, 0.3) is 5.91 Å². The monoisotopic (exact) mass is 325 g/mol. The lowest BCUT2D eigenvalue weighted by molar-refractivity contribution is -0.138. The number of hydrogen-bond acceptors (Lipinski definition) is 2. The van der Waals surface area contributed by atoms with E-state index in [-0.39, 0.29) is 18.1 Å². The van der Waals surface area contributed by atoms with Crippen molar-refractivity contribution in [2.45, 2.75) is 19.0 Å². The predicted octanol–water partition coefficient (Wildman–Crippen LogP) is 3.21. The molecule has 0 radical (unpaired) electrons. The zero-order chi connectivity index (χ0) is 16.9. The van der Waals surface area contributed by atoms with E-state index < -0.39 is 17.6 Å². The smallest absolute Gasteiger partial charge is 0.369 e. The molecule has 1 heterocycles. The second-order valence-electron chi connectivity index (χ2n) is 5.50. The summed E-state index contributed by atoms with van der Waals surface area (Å²) >= 11 is 0. The Morgan fingerprint density at radius 2 is 1.96 bits per heavy atom. The Bertz CT molecular complexity index is 584. The summed E-state index contributed by atoms with van der Waals surface area (Å²) in [5.41, 5.74) is -1.17. The van der Waals surface area contributed by atoms with Gasteiger partial charge in [-0.3, -0.25) is 4.79 Å². The van der Waals surface area contributed by atoms with Gasteiger partial charge in [0.1, 0.15) is 6.61 Å². The highest BCUT2D eigenvalue weighted by molar-refractivity contribution is 5.96. The molecule has 6 heteroatoms. The van der Waals surface area contributed by atoms with Crippen molar-refractivity contribution in [3.8, 4) is 12.3 Å². The summed E-state index contributed by atoms with van der Waals surface area (Å²) in [4.78, 5) is 13.9. The molecule has 3 nitrogen and oxygen atoms in total. The van der Waals surface area contributed by atoms with Crippen LogP contribution in [0.5, 0.6) is 0 Å².